The van der Waals surface area contributed by atoms with Crippen LogP contribution in [-0.2, 0) is 0 Å². The SMILES string of the molecule is Nc1ccc(-c2ccc[nH]2)cc1. The molecular weight excluding hydrogens is 148 g/mol. The summed E-state index contributed by atoms with van der Waals surface area (Å²) in [7, 11) is 0. The molecule has 0 atom stereocenters. The van der Waals surface area contributed by atoms with Gasteiger partial charge in [0.2, 0.25) is 0 Å². The third-order valence-corrected chi connectivity index (χ3v) is 1.82. The summed E-state index contributed by atoms with van der Waals surface area (Å²) in [5.41, 5.74) is 8.65. The second-order valence-electron chi connectivity index (χ2n) is 2.71. The summed E-state index contributed by atoms with van der Waals surface area (Å²) < 4.78 is 0. The zero-order valence-electron chi connectivity index (χ0n) is 6.62. The van der Waals surface area contributed by atoms with Crippen molar-refractivity contribution in [2.45, 2.75) is 0 Å². The van der Waals surface area contributed by atoms with Crippen molar-refractivity contribution in [2.24, 2.45) is 0 Å². The maximum Gasteiger partial charge on any atom is 0.0453 e. The number of nitrogens with one attached hydrogen (secondary N) is 1. The minimum Gasteiger partial charge on any atom is -0.399 e. The Bertz CT molecular complexity index is 346. The number of aromatic nitrogens is 1. The van der Waals surface area contributed by atoms with Gasteiger partial charge in [-0.05, 0) is 29.8 Å². The standard InChI is InChI=1S/C10H10N2/c11-9-5-3-8(4-6-9)10-2-1-7-12-10/h1-7,12H,11H2. The number of nitrogens with two attached hydrogens (primary N) is 1. The summed E-state index contributed by atoms with van der Waals surface area (Å²) in [5, 5.41) is 0. The van der Waals surface area contributed by atoms with Crippen molar-refractivity contribution < 1.29 is 0 Å². The second kappa shape index (κ2) is 2.74. The van der Waals surface area contributed by atoms with E-state index in [4.69, 9.17) is 5.73 Å². The van der Waals surface area contributed by atoms with E-state index in [0.29, 0.717) is 0 Å². The number of benzene rings is 1. The highest BCUT2D eigenvalue weighted by Crippen LogP contribution is 2.17. The van der Waals surface area contributed by atoms with Crippen LogP contribution >= 0.6 is 0 Å². The van der Waals surface area contributed by atoms with Gasteiger partial charge in [-0.3, -0.25) is 0 Å². The zero-order valence-corrected chi connectivity index (χ0v) is 6.62. The van der Waals surface area contributed by atoms with Gasteiger partial charge < -0.3 is 10.7 Å². The Labute approximate surface area is 71.0 Å². The fourth-order valence-electron chi connectivity index (χ4n) is 1.17. The lowest BCUT2D eigenvalue weighted by Crippen LogP contribution is -1.83. The molecule has 0 fully saturated rings. The van der Waals surface area contributed by atoms with Gasteiger partial charge >= 0.3 is 0 Å². The van der Waals surface area contributed by atoms with Gasteiger partial charge in [0.25, 0.3) is 0 Å². The van der Waals surface area contributed by atoms with E-state index in [0.717, 1.165) is 16.9 Å². The molecule has 0 unspecified atom stereocenters. The molecule has 1 aromatic heterocycles. The smallest absolute Gasteiger partial charge is 0.0453 e. The minimum atomic E-state index is 0.797. The van der Waals surface area contributed by atoms with Crippen LogP contribution in [0.3, 0.4) is 0 Å². The van der Waals surface area contributed by atoms with Crippen molar-refractivity contribution >= 4 is 5.69 Å². The minimum absolute atomic E-state index is 0.797. The van der Waals surface area contributed by atoms with Gasteiger partial charge in [-0.25, -0.2) is 0 Å². The molecule has 0 radical (unpaired) electrons. The number of nitrogen functional groups attached to an aromatic ring is 1. The molecule has 2 aromatic rings. The lowest BCUT2D eigenvalue weighted by Gasteiger charge is -1.97. The fraction of sp³-hybridized carbons (Fsp3) is 0. The molecule has 0 aliphatic heterocycles. The molecule has 0 aliphatic rings. The summed E-state index contributed by atoms with van der Waals surface area (Å²) in [6.45, 7) is 0. The van der Waals surface area contributed by atoms with Gasteiger partial charge in [-0.2, -0.15) is 0 Å². The molecule has 0 saturated carbocycles. The quantitative estimate of drug-likeness (QED) is 0.614. The van der Waals surface area contributed by atoms with Crippen LogP contribution in [0, 0.1) is 0 Å². The Hall–Kier alpha value is -1.70. The van der Waals surface area contributed by atoms with Gasteiger partial charge in [-0.15, -0.1) is 0 Å². The van der Waals surface area contributed by atoms with Crippen LogP contribution < -0.4 is 5.73 Å². The van der Waals surface area contributed by atoms with Crippen molar-refractivity contribution in [3.8, 4) is 11.3 Å². The topological polar surface area (TPSA) is 41.8 Å². The summed E-state index contributed by atoms with van der Waals surface area (Å²) in [4.78, 5) is 3.13. The van der Waals surface area contributed by atoms with Crippen LogP contribution in [0.2, 0.25) is 0 Å². The van der Waals surface area contributed by atoms with E-state index in [-0.39, 0.29) is 0 Å². The Morgan fingerprint density at radius 1 is 1.00 bits per heavy atom. The van der Waals surface area contributed by atoms with Crippen LogP contribution in [0.15, 0.2) is 42.6 Å². The molecule has 0 saturated heterocycles. The highest BCUT2D eigenvalue weighted by Gasteiger charge is 1.95. The summed E-state index contributed by atoms with van der Waals surface area (Å²) in [6.07, 6.45) is 1.91. The van der Waals surface area contributed by atoms with E-state index in [1.165, 1.54) is 0 Å². The Morgan fingerprint density at radius 2 is 1.75 bits per heavy atom. The third-order valence-electron chi connectivity index (χ3n) is 1.82. The Morgan fingerprint density at radius 3 is 2.33 bits per heavy atom. The van der Waals surface area contributed by atoms with Gasteiger partial charge in [0.05, 0.1) is 0 Å². The predicted octanol–water partition coefficient (Wildman–Crippen LogP) is 2.26. The number of hydrogen-bond donors (Lipinski definition) is 2. The van der Waals surface area contributed by atoms with Crippen LogP contribution in [0.4, 0.5) is 5.69 Å². The van der Waals surface area contributed by atoms with Crippen molar-refractivity contribution in [2.75, 3.05) is 5.73 Å². The van der Waals surface area contributed by atoms with Gasteiger partial charge in [0, 0.05) is 17.6 Å². The average Bonchev–Trinajstić information content (AvgIpc) is 2.58. The number of rotatable bonds is 1. The Balaban J connectivity index is 2.43. The molecule has 1 aromatic carbocycles. The normalized spacial score (nSPS) is 10.0. The molecule has 0 bridgehead atoms. The van der Waals surface area contributed by atoms with Crippen molar-refractivity contribution in [3.63, 3.8) is 0 Å². The Kier molecular flexibility index (Phi) is 1.59. The molecule has 60 valence electrons. The van der Waals surface area contributed by atoms with E-state index < -0.39 is 0 Å². The first-order chi connectivity index (χ1) is 5.86. The first-order valence-electron chi connectivity index (χ1n) is 3.85. The van der Waals surface area contributed by atoms with Crippen LogP contribution in [-0.4, -0.2) is 4.98 Å². The summed E-state index contributed by atoms with van der Waals surface area (Å²) in [5.74, 6) is 0. The van der Waals surface area contributed by atoms with Crippen molar-refractivity contribution in [3.05, 3.63) is 42.6 Å². The maximum absolute atomic E-state index is 5.57. The van der Waals surface area contributed by atoms with Crippen LogP contribution in [0.25, 0.3) is 11.3 Å². The first-order valence-corrected chi connectivity index (χ1v) is 3.85. The van der Waals surface area contributed by atoms with Crippen LogP contribution in [0.1, 0.15) is 0 Å². The molecule has 2 rings (SSSR count). The van der Waals surface area contributed by atoms with Gasteiger partial charge in [0.15, 0.2) is 0 Å². The average molecular weight is 158 g/mol. The number of aromatic amines is 1. The molecule has 12 heavy (non-hydrogen) atoms. The highest BCUT2D eigenvalue weighted by atomic mass is 14.7. The molecule has 0 aliphatic carbocycles. The molecule has 1 heterocycles. The lowest BCUT2D eigenvalue weighted by atomic mass is 10.1. The molecular formula is C10H10N2. The molecule has 2 nitrogen and oxygen atoms in total. The third kappa shape index (κ3) is 1.19. The largest absolute Gasteiger partial charge is 0.399 e. The van der Waals surface area contributed by atoms with Crippen molar-refractivity contribution in [1.29, 1.82) is 0 Å². The second-order valence-corrected chi connectivity index (χ2v) is 2.71. The fourth-order valence-corrected chi connectivity index (χ4v) is 1.17. The first kappa shape index (κ1) is 6.98. The summed E-state index contributed by atoms with van der Waals surface area (Å²) >= 11 is 0. The van der Waals surface area contributed by atoms with Crippen LogP contribution in [0.5, 0.6) is 0 Å². The summed E-state index contributed by atoms with van der Waals surface area (Å²) in [6, 6.07) is 11.8. The monoisotopic (exact) mass is 158 g/mol. The molecule has 0 amide bonds. The highest BCUT2D eigenvalue weighted by molar-refractivity contribution is 5.61. The van der Waals surface area contributed by atoms with E-state index in [1.54, 1.807) is 0 Å². The number of anilines is 1. The van der Waals surface area contributed by atoms with Crippen molar-refractivity contribution in [1.82, 2.24) is 4.98 Å². The lowest BCUT2D eigenvalue weighted by molar-refractivity contribution is 1.40. The molecule has 0 spiro atoms. The van der Waals surface area contributed by atoms with E-state index in [2.05, 4.69) is 4.98 Å². The zero-order chi connectivity index (χ0) is 8.39. The number of hydrogen-bond acceptors (Lipinski definition) is 1. The van der Waals surface area contributed by atoms with E-state index >= 15 is 0 Å². The van der Waals surface area contributed by atoms with Gasteiger partial charge in [0.1, 0.15) is 0 Å². The molecule has 2 heteroatoms. The predicted molar refractivity (Wildman–Crippen MR) is 50.6 cm³/mol. The number of H-pyrrole nitrogens is 1. The maximum atomic E-state index is 5.57. The van der Waals surface area contributed by atoms with Gasteiger partial charge in [-0.1, -0.05) is 12.1 Å². The van der Waals surface area contributed by atoms with E-state index in [9.17, 15) is 0 Å². The van der Waals surface area contributed by atoms with E-state index in [1.807, 2.05) is 42.6 Å². The molecule has 3 N–H and O–H groups in total.